The summed E-state index contributed by atoms with van der Waals surface area (Å²) in [6, 6.07) is 0. The van der Waals surface area contributed by atoms with Crippen molar-refractivity contribution in [3.63, 3.8) is 0 Å². The Morgan fingerprint density at radius 3 is 2.05 bits per heavy atom. The summed E-state index contributed by atoms with van der Waals surface area (Å²) in [5.74, 6) is 0. The van der Waals surface area contributed by atoms with Crippen LogP contribution in [0.15, 0.2) is 12.4 Å². The van der Waals surface area contributed by atoms with Gasteiger partial charge in [-0.15, -0.1) is 0 Å². The Morgan fingerprint density at radius 1 is 1.15 bits per heavy atom. The molecule has 1 rings (SSSR count). The highest BCUT2D eigenvalue weighted by atomic mass is 16.6. The van der Waals surface area contributed by atoms with Crippen molar-refractivity contribution in [1.82, 2.24) is 9.88 Å². The van der Waals surface area contributed by atoms with Gasteiger partial charge in [0.05, 0.1) is 9.85 Å². The highest BCUT2D eigenvalue weighted by Crippen LogP contribution is 2.32. The summed E-state index contributed by atoms with van der Waals surface area (Å²) in [6.45, 7) is 6.72. The van der Waals surface area contributed by atoms with Crippen molar-refractivity contribution >= 4 is 17.1 Å². The van der Waals surface area contributed by atoms with E-state index < -0.39 is 21.2 Å². The van der Waals surface area contributed by atoms with Crippen molar-refractivity contribution in [2.75, 3.05) is 31.5 Å². The van der Waals surface area contributed by atoms with Gasteiger partial charge in [0.2, 0.25) is 0 Å². The van der Waals surface area contributed by atoms with Gasteiger partial charge in [-0.25, -0.2) is 0 Å². The van der Waals surface area contributed by atoms with Gasteiger partial charge in [-0.2, -0.15) is 0 Å². The minimum absolute atomic E-state index is 0.0952. The van der Waals surface area contributed by atoms with Gasteiger partial charge in [-0.05, 0) is 13.1 Å². The molecule has 0 spiro atoms. The van der Waals surface area contributed by atoms with Crippen molar-refractivity contribution in [2.24, 2.45) is 0 Å². The first kappa shape index (κ1) is 15.8. The van der Waals surface area contributed by atoms with E-state index >= 15 is 0 Å². The van der Waals surface area contributed by atoms with E-state index in [1.165, 1.54) is 0 Å². The van der Waals surface area contributed by atoms with E-state index in [1.807, 2.05) is 13.8 Å². The van der Waals surface area contributed by atoms with Gasteiger partial charge < -0.3 is 10.2 Å². The first-order valence-electron chi connectivity index (χ1n) is 6.24. The third kappa shape index (κ3) is 3.85. The molecule has 9 nitrogen and oxygen atoms in total. The van der Waals surface area contributed by atoms with Gasteiger partial charge in [0.1, 0.15) is 12.4 Å². The maximum Gasteiger partial charge on any atom is 0.317 e. The van der Waals surface area contributed by atoms with Crippen LogP contribution in [0.4, 0.5) is 17.1 Å². The lowest BCUT2D eigenvalue weighted by Gasteiger charge is -2.18. The highest BCUT2D eigenvalue weighted by molar-refractivity contribution is 5.72. The second-order valence-corrected chi connectivity index (χ2v) is 4.02. The number of rotatable bonds is 8. The predicted octanol–water partition coefficient (Wildman–Crippen LogP) is 1.65. The molecular formula is C11H17N5O4. The third-order valence-corrected chi connectivity index (χ3v) is 2.92. The van der Waals surface area contributed by atoms with Gasteiger partial charge in [0, 0.05) is 13.1 Å². The molecule has 0 amide bonds. The SMILES string of the molecule is CCN(CC)CCNc1c([N+](=O)[O-])cncc1[N+](=O)[O-]. The van der Waals surface area contributed by atoms with Crippen LogP contribution in [0.2, 0.25) is 0 Å². The van der Waals surface area contributed by atoms with E-state index in [0.717, 1.165) is 25.5 Å². The highest BCUT2D eigenvalue weighted by Gasteiger charge is 2.25. The summed E-state index contributed by atoms with van der Waals surface area (Å²) in [4.78, 5) is 26.1. The normalized spacial score (nSPS) is 10.6. The third-order valence-electron chi connectivity index (χ3n) is 2.92. The number of aromatic nitrogens is 1. The molecular weight excluding hydrogens is 266 g/mol. The Kier molecular flexibility index (Phi) is 5.78. The second kappa shape index (κ2) is 7.34. The summed E-state index contributed by atoms with van der Waals surface area (Å²) in [7, 11) is 0. The molecule has 0 saturated carbocycles. The predicted molar refractivity (Wildman–Crippen MR) is 73.8 cm³/mol. The molecule has 0 aliphatic heterocycles. The Balaban J connectivity index is 2.91. The molecule has 20 heavy (non-hydrogen) atoms. The molecule has 1 aromatic rings. The van der Waals surface area contributed by atoms with Crippen molar-refractivity contribution in [3.05, 3.63) is 32.6 Å². The lowest BCUT2D eigenvalue weighted by atomic mass is 10.3. The van der Waals surface area contributed by atoms with E-state index in [-0.39, 0.29) is 5.69 Å². The number of anilines is 1. The van der Waals surface area contributed by atoms with Crippen molar-refractivity contribution in [3.8, 4) is 0 Å². The minimum Gasteiger partial charge on any atom is -0.372 e. The number of likely N-dealkylation sites (N-methyl/N-ethyl adjacent to an activating group) is 1. The monoisotopic (exact) mass is 283 g/mol. The molecule has 0 unspecified atom stereocenters. The fourth-order valence-electron chi connectivity index (χ4n) is 1.78. The number of nitro groups is 2. The molecule has 9 heteroatoms. The second-order valence-electron chi connectivity index (χ2n) is 4.02. The van der Waals surface area contributed by atoms with Gasteiger partial charge in [0.25, 0.3) is 0 Å². The molecule has 0 radical (unpaired) electrons. The van der Waals surface area contributed by atoms with Crippen LogP contribution in [-0.4, -0.2) is 45.9 Å². The molecule has 0 aromatic carbocycles. The van der Waals surface area contributed by atoms with Crippen LogP contribution >= 0.6 is 0 Å². The van der Waals surface area contributed by atoms with E-state index in [1.54, 1.807) is 0 Å². The van der Waals surface area contributed by atoms with Crippen LogP contribution in [0.1, 0.15) is 13.8 Å². The van der Waals surface area contributed by atoms with Gasteiger partial charge in [-0.1, -0.05) is 13.8 Å². The van der Waals surface area contributed by atoms with Gasteiger partial charge in [-0.3, -0.25) is 25.2 Å². The molecule has 0 fully saturated rings. The number of hydrogen-bond acceptors (Lipinski definition) is 7. The summed E-state index contributed by atoms with van der Waals surface area (Å²) >= 11 is 0. The van der Waals surface area contributed by atoms with E-state index in [2.05, 4.69) is 15.2 Å². The Bertz CT molecular complexity index is 457. The lowest BCUT2D eigenvalue weighted by Crippen LogP contribution is -2.28. The van der Waals surface area contributed by atoms with Crippen LogP contribution in [-0.2, 0) is 0 Å². The van der Waals surface area contributed by atoms with Crippen LogP contribution in [0.25, 0.3) is 0 Å². The standard InChI is InChI=1S/C11H17N5O4/c1-3-14(4-2)6-5-13-11-9(15(17)18)7-12-8-10(11)16(19)20/h7-8H,3-6H2,1-2H3,(H,12,13). The van der Waals surface area contributed by atoms with Crippen LogP contribution in [0.3, 0.4) is 0 Å². The zero-order chi connectivity index (χ0) is 15.1. The maximum atomic E-state index is 10.9. The molecule has 0 atom stereocenters. The summed E-state index contributed by atoms with van der Waals surface area (Å²) < 4.78 is 0. The largest absolute Gasteiger partial charge is 0.372 e. The number of hydrogen-bond donors (Lipinski definition) is 1. The smallest absolute Gasteiger partial charge is 0.317 e. The minimum atomic E-state index is -0.681. The summed E-state index contributed by atoms with van der Waals surface area (Å²) in [5.41, 5.74) is -0.875. The molecule has 1 aromatic heterocycles. The lowest BCUT2D eigenvalue weighted by molar-refractivity contribution is -0.392. The van der Waals surface area contributed by atoms with Gasteiger partial charge in [0.15, 0.2) is 5.69 Å². The van der Waals surface area contributed by atoms with E-state index in [0.29, 0.717) is 13.1 Å². The van der Waals surface area contributed by atoms with Crippen molar-refractivity contribution in [2.45, 2.75) is 13.8 Å². The fraction of sp³-hybridized carbons (Fsp3) is 0.545. The molecule has 1 heterocycles. The van der Waals surface area contributed by atoms with Crippen LogP contribution in [0.5, 0.6) is 0 Å². The summed E-state index contributed by atoms with van der Waals surface area (Å²) in [5, 5.41) is 24.6. The van der Waals surface area contributed by atoms with Crippen molar-refractivity contribution < 1.29 is 9.85 Å². The van der Waals surface area contributed by atoms with Crippen LogP contribution in [0, 0.1) is 20.2 Å². The van der Waals surface area contributed by atoms with E-state index in [4.69, 9.17) is 0 Å². The first-order chi connectivity index (χ1) is 9.51. The molecule has 1 N–H and O–H groups in total. The molecule has 0 aliphatic carbocycles. The molecule has 110 valence electrons. The first-order valence-corrected chi connectivity index (χ1v) is 6.24. The zero-order valence-corrected chi connectivity index (χ0v) is 11.4. The van der Waals surface area contributed by atoms with E-state index in [9.17, 15) is 20.2 Å². The quantitative estimate of drug-likeness (QED) is 0.569. The molecule has 0 aliphatic rings. The average molecular weight is 283 g/mol. The topological polar surface area (TPSA) is 114 Å². The molecule has 0 saturated heterocycles. The average Bonchev–Trinajstić information content (AvgIpc) is 2.43. The number of pyridine rings is 1. The Morgan fingerprint density at radius 2 is 1.65 bits per heavy atom. The maximum absolute atomic E-state index is 10.9. The number of nitrogens with zero attached hydrogens (tertiary/aromatic N) is 4. The zero-order valence-electron chi connectivity index (χ0n) is 11.4. The van der Waals surface area contributed by atoms with Crippen LogP contribution < -0.4 is 5.32 Å². The Hall–Kier alpha value is -2.29. The van der Waals surface area contributed by atoms with Crippen molar-refractivity contribution in [1.29, 1.82) is 0 Å². The van der Waals surface area contributed by atoms with Gasteiger partial charge >= 0.3 is 11.4 Å². The number of nitrogens with one attached hydrogen (secondary N) is 1. The Labute approximate surface area is 115 Å². The fourth-order valence-corrected chi connectivity index (χ4v) is 1.78. The molecule has 0 bridgehead atoms. The summed E-state index contributed by atoms with van der Waals surface area (Å²) in [6.07, 6.45) is 2.01.